The molecule has 3 N–H and O–H groups in total. The fraction of sp³-hybridized carbons (Fsp3) is 0.467. The maximum absolute atomic E-state index is 13.9. The Morgan fingerprint density at radius 2 is 1.52 bits per heavy atom. The number of hydrogen-bond donors (Lipinski definition) is 2. The monoisotopic (exact) mass is 373 g/mol. The van der Waals surface area contributed by atoms with Crippen LogP contribution in [0.15, 0.2) is 18.2 Å². The molecule has 1 aromatic carbocycles. The van der Waals surface area contributed by atoms with Crippen LogP contribution in [0.4, 0.5) is 26.3 Å². The van der Waals surface area contributed by atoms with Crippen LogP contribution in [-0.4, -0.2) is 23.0 Å². The van der Waals surface area contributed by atoms with E-state index in [-0.39, 0.29) is 5.56 Å². The van der Waals surface area contributed by atoms with Gasteiger partial charge in [-0.2, -0.15) is 22.0 Å². The summed E-state index contributed by atoms with van der Waals surface area (Å²) in [6, 6.07) is 2.81. The Bertz CT molecular complexity index is 626. The van der Waals surface area contributed by atoms with Crippen molar-refractivity contribution in [3.63, 3.8) is 0 Å². The average molecular weight is 373 g/mol. The number of Topliss-reactive ketones (excluding diaryl/α,β-unsaturated/α-hetero) is 1. The van der Waals surface area contributed by atoms with Crippen LogP contribution in [0.25, 0.3) is 0 Å². The second-order valence-corrected chi connectivity index (χ2v) is 5.39. The Kier molecular flexibility index (Phi) is 7.62. The van der Waals surface area contributed by atoms with Crippen molar-refractivity contribution in [1.29, 1.82) is 0 Å². The minimum absolute atomic E-state index is 0.0243. The molecule has 0 aromatic heterocycles. The van der Waals surface area contributed by atoms with Crippen LogP contribution in [0.2, 0.25) is 0 Å². The molecular weight excluding hydrogens is 356 g/mol. The van der Waals surface area contributed by atoms with E-state index in [1.54, 1.807) is 0 Å². The molecule has 0 aliphatic heterocycles. The van der Waals surface area contributed by atoms with Gasteiger partial charge in [0.25, 0.3) is 0 Å². The van der Waals surface area contributed by atoms with E-state index < -0.39 is 47.2 Å². The number of nitrogens with two attached hydrogens (primary N) is 1. The molecule has 0 radical (unpaired) electrons. The highest BCUT2D eigenvalue weighted by molar-refractivity contribution is 5.88. The first-order valence-electron chi connectivity index (χ1n) is 6.90. The van der Waals surface area contributed by atoms with Crippen LogP contribution in [-0.2, 0) is 15.5 Å². The number of aliphatic carboxylic acids is 1. The Morgan fingerprint density at radius 3 is 1.84 bits per heavy atom. The molecule has 0 fully saturated rings. The van der Waals surface area contributed by atoms with E-state index >= 15 is 0 Å². The third kappa shape index (κ3) is 6.04. The summed E-state index contributed by atoms with van der Waals surface area (Å²) in [4.78, 5) is 20.3. The standard InChI is InChI=1S/C13H16F3NO.C2HF3O2/c1-7(2)12(18)13(15,16)10-6-4-5-9(8(3)17)11(10)14;3-2(4,5)1(6)7/h4-8H,17H2,1-3H3;(H,6,7)/t8-;/m1./s1. The van der Waals surface area contributed by atoms with Crippen LogP contribution >= 0.6 is 0 Å². The second kappa shape index (κ2) is 8.32. The number of carbonyl (C=O) groups is 2. The first kappa shape index (κ1) is 22.9. The van der Waals surface area contributed by atoms with Gasteiger partial charge in [-0.1, -0.05) is 26.0 Å². The first-order chi connectivity index (χ1) is 11.1. The van der Waals surface area contributed by atoms with Crippen molar-refractivity contribution in [1.82, 2.24) is 0 Å². The molecule has 1 aromatic rings. The molecule has 1 atom stereocenters. The zero-order valence-electron chi connectivity index (χ0n) is 13.5. The van der Waals surface area contributed by atoms with Gasteiger partial charge in [0.1, 0.15) is 5.82 Å². The number of carboxylic acid groups (broad SMARTS) is 1. The molecule has 10 heteroatoms. The van der Waals surface area contributed by atoms with Gasteiger partial charge in [0, 0.05) is 17.5 Å². The number of rotatable bonds is 4. The van der Waals surface area contributed by atoms with Crippen molar-refractivity contribution < 1.29 is 41.0 Å². The number of benzene rings is 1. The Hall–Kier alpha value is -2.10. The van der Waals surface area contributed by atoms with Crippen LogP contribution in [0.3, 0.4) is 0 Å². The number of ketones is 1. The molecule has 0 aliphatic rings. The third-order valence-electron chi connectivity index (χ3n) is 2.93. The molecule has 4 nitrogen and oxygen atoms in total. The molecule has 142 valence electrons. The first-order valence-corrected chi connectivity index (χ1v) is 6.90. The number of hydrogen-bond acceptors (Lipinski definition) is 3. The number of halogens is 6. The van der Waals surface area contributed by atoms with Crippen molar-refractivity contribution in [2.75, 3.05) is 0 Å². The summed E-state index contributed by atoms with van der Waals surface area (Å²) < 4.78 is 73.4. The van der Waals surface area contributed by atoms with E-state index in [4.69, 9.17) is 15.6 Å². The molecule has 0 amide bonds. The van der Waals surface area contributed by atoms with E-state index in [0.29, 0.717) is 0 Å². The Morgan fingerprint density at radius 1 is 1.08 bits per heavy atom. The lowest BCUT2D eigenvalue weighted by atomic mass is 9.94. The molecule has 0 unspecified atom stereocenters. The summed E-state index contributed by atoms with van der Waals surface area (Å²) in [5, 5.41) is 7.12. The normalized spacial score (nSPS) is 13.1. The van der Waals surface area contributed by atoms with E-state index in [1.807, 2.05) is 0 Å². The van der Waals surface area contributed by atoms with Gasteiger partial charge in [-0.25, -0.2) is 9.18 Å². The molecular formula is C15H17F6NO3. The maximum Gasteiger partial charge on any atom is 0.490 e. The summed E-state index contributed by atoms with van der Waals surface area (Å²) in [5.41, 5.74) is 4.56. The molecule has 0 bridgehead atoms. The van der Waals surface area contributed by atoms with E-state index in [2.05, 4.69) is 0 Å². The quantitative estimate of drug-likeness (QED) is 0.787. The van der Waals surface area contributed by atoms with Crippen LogP contribution in [0, 0.1) is 11.7 Å². The molecule has 25 heavy (non-hydrogen) atoms. The zero-order chi connectivity index (χ0) is 20.2. The van der Waals surface area contributed by atoms with Crippen molar-refractivity contribution in [2.45, 2.75) is 38.9 Å². The summed E-state index contributed by atoms with van der Waals surface area (Å²) in [6.45, 7) is 4.19. The van der Waals surface area contributed by atoms with E-state index in [0.717, 1.165) is 6.07 Å². The van der Waals surface area contributed by atoms with Gasteiger partial charge < -0.3 is 10.8 Å². The highest BCUT2D eigenvalue weighted by Crippen LogP contribution is 2.35. The molecule has 0 aliphatic carbocycles. The van der Waals surface area contributed by atoms with Gasteiger partial charge >= 0.3 is 18.1 Å². The second-order valence-electron chi connectivity index (χ2n) is 5.39. The van der Waals surface area contributed by atoms with Gasteiger partial charge in [-0.3, -0.25) is 4.79 Å². The number of carboxylic acids is 1. The highest BCUT2D eigenvalue weighted by atomic mass is 19.4. The van der Waals surface area contributed by atoms with Crippen molar-refractivity contribution in [3.05, 3.63) is 35.1 Å². The van der Waals surface area contributed by atoms with Gasteiger partial charge in [-0.05, 0) is 13.0 Å². The SMILES string of the molecule is CC(C)C(=O)C(F)(F)c1cccc([C@@H](C)N)c1F.O=C(O)C(F)(F)F. The fourth-order valence-electron chi connectivity index (χ4n) is 1.64. The van der Waals surface area contributed by atoms with Crippen LogP contribution in [0.1, 0.15) is 37.9 Å². The summed E-state index contributed by atoms with van der Waals surface area (Å²) in [7, 11) is 0. The fourth-order valence-corrected chi connectivity index (χ4v) is 1.64. The van der Waals surface area contributed by atoms with Gasteiger partial charge in [0.2, 0.25) is 5.78 Å². The predicted molar refractivity (Wildman–Crippen MR) is 76.4 cm³/mol. The smallest absolute Gasteiger partial charge is 0.475 e. The average Bonchev–Trinajstić information content (AvgIpc) is 2.45. The van der Waals surface area contributed by atoms with Crippen LogP contribution in [0.5, 0.6) is 0 Å². The lowest BCUT2D eigenvalue weighted by Gasteiger charge is -2.20. The molecule has 0 heterocycles. The summed E-state index contributed by atoms with van der Waals surface area (Å²) in [5.74, 6) is -9.87. The summed E-state index contributed by atoms with van der Waals surface area (Å²) >= 11 is 0. The van der Waals surface area contributed by atoms with Crippen molar-refractivity contribution in [3.8, 4) is 0 Å². The number of alkyl halides is 5. The largest absolute Gasteiger partial charge is 0.490 e. The third-order valence-corrected chi connectivity index (χ3v) is 2.93. The zero-order valence-corrected chi connectivity index (χ0v) is 13.5. The summed E-state index contributed by atoms with van der Waals surface area (Å²) in [6.07, 6.45) is -5.08. The van der Waals surface area contributed by atoms with Gasteiger partial charge in [0.05, 0.1) is 5.56 Å². The molecule has 0 saturated heterocycles. The lowest BCUT2D eigenvalue weighted by Crippen LogP contribution is -2.31. The van der Waals surface area contributed by atoms with Gasteiger partial charge in [-0.15, -0.1) is 0 Å². The number of carbonyl (C=O) groups excluding carboxylic acids is 1. The Labute approximate surface area is 139 Å². The minimum Gasteiger partial charge on any atom is -0.475 e. The minimum atomic E-state index is -5.08. The highest BCUT2D eigenvalue weighted by Gasteiger charge is 2.44. The predicted octanol–water partition coefficient (Wildman–Crippen LogP) is 3.80. The molecule has 1 rings (SSSR count). The lowest BCUT2D eigenvalue weighted by molar-refractivity contribution is -0.192. The Balaban J connectivity index is 0.000000697. The van der Waals surface area contributed by atoms with Crippen LogP contribution < -0.4 is 5.73 Å². The maximum atomic E-state index is 13.9. The molecule has 0 spiro atoms. The van der Waals surface area contributed by atoms with E-state index in [1.165, 1.54) is 32.9 Å². The van der Waals surface area contributed by atoms with E-state index in [9.17, 15) is 31.1 Å². The topological polar surface area (TPSA) is 80.4 Å². The molecule has 0 saturated carbocycles. The van der Waals surface area contributed by atoms with Crippen molar-refractivity contribution >= 4 is 11.8 Å². The van der Waals surface area contributed by atoms with Gasteiger partial charge in [0.15, 0.2) is 0 Å². The van der Waals surface area contributed by atoms with Crippen molar-refractivity contribution in [2.24, 2.45) is 11.7 Å².